The third kappa shape index (κ3) is 6.75. The molecule has 0 radical (unpaired) electrons. The van der Waals surface area contributed by atoms with Gasteiger partial charge in [0.05, 0.1) is 24.5 Å². The SMILES string of the molecule is CC(=O)N1CCN(c2ccc(OC[C@H]3CO[C@](Cn4ccnc4)(c4ccc(Cl)cc4Cl)O3)cc2)CC1.O=CC12c3ccccc3C(c3ccccc31)c1ccccc12. The number of carbonyl (C=O) groups is 2. The largest absolute Gasteiger partial charge is 0.491 e. The first kappa shape index (κ1) is 38.1. The van der Waals surface area contributed by atoms with Gasteiger partial charge in [-0.25, -0.2) is 4.98 Å². The number of rotatable bonds is 8. The molecule has 2 aliphatic heterocycles. The molecule has 3 aliphatic carbocycles. The molecular formula is C47H42Cl2N4O5. The Bertz CT molecular complexity index is 2330. The first-order valence-corrected chi connectivity index (χ1v) is 20.3. The quantitative estimate of drug-likeness (QED) is 0.143. The molecular weight excluding hydrogens is 771 g/mol. The predicted octanol–water partition coefficient (Wildman–Crippen LogP) is 8.23. The normalized spacial score (nSPS) is 22.6. The maximum Gasteiger partial charge on any atom is 0.219 e. The fraction of sp³-hybridized carbons (Fsp3) is 0.255. The Kier molecular flexibility index (Phi) is 10.3. The maximum atomic E-state index is 12.4. The zero-order valence-corrected chi connectivity index (χ0v) is 33.5. The van der Waals surface area contributed by atoms with Crippen molar-refractivity contribution in [2.75, 3.05) is 44.3 Å². The van der Waals surface area contributed by atoms with Crippen molar-refractivity contribution in [2.24, 2.45) is 0 Å². The van der Waals surface area contributed by atoms with Crippen LogP contribution in [0.5, 0.6) is 5.75 Å². The van der Waals surface area contributed by atoms with Gasteiger partial charge >= 0.3 is 0 Å². The van der Waals surface area contributed by atoms with Crippen molar-refractivity contribution in [2.45, 2.75) is 36.7 Å². The molecule has 6 aromatic rings. The van der Waals surface area contributed by atoms with E-state index < -0.39 is 11.2 Å². The number of nitrogens with zero attached hydrogens (tertiary/aromatic N) is 4. The van der Waals surface area contributed by atoms with Crippen LogP contribution in [0.3, 0.4) is 0 Å². The van der Waals surface area contributed by atoms with Crippen molar-refractivity contribution in [3.63, 3.8) is 0 Å². The molecule has 1 amide bonds. The zero-order chi connectivity index (χ0) is 39.9. The van der Waals surface area contributed by atoms with Crippen molar-refractivity contribution < 1.29 is 23.8 Å². The molecule has 2 atom stereocenters. The van der Waals surface area contributed by atoms with Gasteiger partial charge < -0.3 is 33.4 Å². The number of aromatic nitrogens is 2. The monoisotopic (exact) mass is 812 g/mol. The number of aldehydes is 1. The van der Waals surface area contributed by atoms with Crippen LogP contribution in [0, 0.1) is 0 Å². The number of imidazole rings is 1. The van der Waals surface area contributed by atoms with Crippen LogP contribution >= 0.6 is 23.2 Å². The highest BCUT2D eigenvalue weighted by atomic mass is 35.5. The van der Waals surface area contributed by atoms with E-state index in [9.17, 15) is 9.59 Å². The van der Waals surface area contributed by atoms with Crippen LogP contribution in [0.4, 0.5) is 5.69 Å². The second-order valence-corrected chi connectivity index (χ2v) is 15.9. The maximum absolute atomic E-state index is 12.4. The topological polar surface area (TPSA) is 86.1 Å². The van der Waals surface area contributed by atoms with Crippen molar-refractivity contribution in [3.8, 4) is 5.75 Å². The predicted molar refractivity (Wildman–Crippen MR) is 224 cm³/mol. The average molecular weight is 814 g/mol. The number of hydrogen-bond acceptors (Lipinski definition) is 7. The molecule has 294 valence electrons. The van der Waals surface area contributed by atoms with E-state index in [2.05, 4.69) is 64.5 Å². The van der Waals surface area contributed by atoms with Crippen molar-refractivity contribution in [1.29, 1.82) is 0 Å². The summed E-state index contributed by atoms with van der Waals surface area (Å²) >= 11 is 12.7. The summed E-state index contributed by atoms with van der Waals surface area (Å²) in [6.45, 7) is 5.80. The lowest BCUT2D eigenvalue weighted by molar-refractivity contribution is -0.189. The second-order valence-electron chi connectivity index (χ2n) is 15.1. The summed E-state index contributed by atoms with van der Waals surface area (Å²) in [5.41, 5.74) is 8.42. The lowest BCUT2D eigenvalue weighted by atomic mass is 9.53. The number of amides is 1. The number of carbonyl (C=O) groups excluding carboxylic acids is 2. The first-order chi connectivity index (χ1) is 28.3. The number of anilines is 1. The Morgan fingerprint density at radius 2 is 1.45 bits per heavy atom. The second kappa shape index (κ2) is 15.7. The average Bonchev–Trinajstić information content (AvgIpc) is 3.93. The number of halogens is 2. The van der Waals surface area contributed by atoms with E-state index in [-0.39, 0.29) is 17.9 Å². The van der Waals surface area contributed by atoms with Crippen molar-refractivity contribution in [1.82, 2.24) is 14.5 Å². The van der Waals surface area contributed by atoms with E-state index in [1.165, 1.54) is 16.7 Å². The minimum Gasteiger partial charge on any atom is -0.491 e. The van der Waals surface area contributed by atoms with Crippen LogP contribution in [0.25, 0.3) is 0 Å². The van der Waals surface area contributed by atoms with E-state index in [0.717, 1.165) is 60.6 Å². The Morgan fingerprint density at radius 3 is 2.00 bits per heavy atom. The minimum atomic E-state index is -1.08. The van der Waals surface area contributed by atoms with Crippen LogP contribution in [0.1, 0.15) is 51.8 Å². The van der Waals surface area contributed by atoms with E-state index in [4.69, 9.17) is 37.4 Å². The molecule has 11 rings (SSSR count). The Balaban J connectivity index is 0.000000168. The third-order valence-electron chi connectivity index (χ3n) is 11.8. The van der Waals surface area contributed by atoms with Gasteiger partial charge in [0.15, 0.2) is 0 Å². The van der Waals surface area contributed by atoms with E-state index in [0.29, 0.717) is 35.4 Å². The number of piperazine rings is 1. The van der Waals surface area contributed by atoms with E-state index in [1.807, 2.05) is 64.2 Å². The molecule has 1 aromatic heterocycles. The van der Waals surface area contributed by atoms with Gasteiger partial charge in [-0.15, -0.1) is 0 Å². The van der Waals surface area contributed by atoms with E-state index in [1.54, 1.807) is 31.6 Å². The number of benzene rings is 5. The lowest BCUT2D eigenvalue weighted by Crippen LogP contribution is -2.48. The summed E-state index contributed by atoms with van der Waals surface area (Å²) in [7, 11) is 0. The van der Waals surface area contributed by atoms with Crippen molar-refractivity contribution in [3.05, 3.63) is 183 Å². The molecule has 11 heteroatoms. The molecule has 2 saturated heterocycles. The number of hydrogen-bond donors (Lipinski definition) is 0. The van der Waals surface area contributed by atoms with Gasteiger partial charge in [0.2, 0.25) is 11.7 Å². The standard InChI is InChI=1S/C26H28Cl2N4O4.C21H14O/c1-19(33)31-10-12-32(13-11-31)21-3-5-22(6-4-21)34-15-23-16-35-26(36-23,17-30-9-8-29-18-30)24-7-2-20(27)14-25(24)28;22-13-21-17-10-4-1-7-14(17)20(15-8-2-5-11-18(15)21)16-9-3-6-12-19(16)21/h2-9,14,18,23H,10-13,15-17H2,1H3;1-13,20H/t23-,26-;/m0./s1. The molecule has 5 aliphatic rings. The van der Waals surface area contributed by atoms with E-state index >= 15 is 0 Å². The lowest BCUT2D eigenvalue weighted by Gasteiger charge is -2.47. The molecule has 0 N–H and O–H groups in total. The molecule has 0 saturated carbocycles. The molecule has 58 heavy (non-hydrogen) atoms. The van der Waals surface area contributed by atoms with Crippen LogP contribution in [-0.4, -0.2) is 72.1 Å². The summed E-state index contributed by atoms with van der Waals surface area (Å²) in [4.78, 5) is 32.3. The molecule has 0 spiro atoms. The van der Waals surface area contributed by atoms with Crippen LogP contribution in [0.15, 0.2) is 134 Å². The summed E-state index contributed by atoms with van der Waals surface area (Å²) in [5, 5.41) is 1.02. The summed E-state index contributed by atoms with van der Waals surface area (Å²) < 4.78 is 20.6. The minimum absolute atomic E-state index is 0.129. The Labute approximate surface area is 347 Å². The van der Waals surface area contributed by atoms with Crippen LogP contribution < -0.4 is 9.64 Å². The molecule has 2 fully saturated rings. The summed E-state index contributed by atoms with van der Waals surface area (Å²) in [6, 6.07) is 38.5. The molecule has 3 heterocycles. The smallest absolute Gasteiger partial charge is 0.219 e. The van der Waals surface area contributed by atoms with Crippen molar-refractivity contribution >= 4 is 41.1 Å². The van der Waals surface area contributed by atoms with Gasteiger partial charge in [-0.3, -0.25) is 4.79 Å². The summed E-state index contributed by atoms with van der Waals surface area (Å²) in [6.07, 6.45) is 6.12. The van der Waals surface area contributed by atoms with Gasteiger partial charge in [-0.2, -0.15) is 0 Å². The highest BCUT2D eigenvalue weighted by Crippen LogP contribution is 2.58. The molecule has 0 unspecified atom stereocenters. The highest BCUT2D eigenvalue weighted by Gasteiger charge is 2.51. The van der Waals surface area contributed by atoms with Crippen LogP contribution in [0.2, 0.25) is 10.0 Å². The fourth-order valence-corrected chi connectivity index (χ4v) is 9.60. The highest BCUT2D eigenvalue weighted by molar-refractivity contribution is 6.35. The van der Waals surface area contributed by atoms with Gasteiger partial charge in [-0.1, -0.05) is 102 Å². The molecule has 9 nitrogen and oxygen atoms in total. The van der Waals surface area contributed by atoms with Gasteiger partial charge in [0.25, 0.3) is 0 Å². The Hall–Kier alpha value is -5.45. The van der Waals surface area contributed by atoms with Crippen LogP contribution in [-0.2, 0) is 36.8 Å². The fourth-order valence-electron chi connectivity index (χ4n) is 9.05. The van der Waals surface area contributed by atoms with Gasteiger partial charge in [0, 0.05) is 67.7 Å². The first-order valence-electron chi connectivity index (χ1n) is 19.5. The van der Waals surface area contributed by atoms with Gasteiger partial charge in [-0.05, 0) is 69.8 Å². The number of ether oxygens (including phenoxy) is 3. The third-order valence-corrected chi connectivity index (χ3v) is 12.3. The molecule has 5 aromatic carbocycles. The Morgan fingerprint density at radius 1 is 0.828 bits per heavy atom. The molecule has 2 bridgehead atoms. The summed E-state index contributed by atoms with van der Waals surface area (Å²) in [5.74, 6) is 0.0399. The zero-order valence-electron chi connectivity index (χ0n) is 32.0. The van der Waals surface area contributed by atoms with Gasteiger partial charge in [0.1, 0.15) is 30.2 Å².